The van der Waals surface area contributed by atoms with Crippen LogP contribution in [0.15, 0.2) is 54.0 Å². The minimum absolute atomic E-state index is 0.198. The lowest BCUT2D eigenvalue weighted by Gasteiger charge is -2.11. The predicted molar refractivity (Wildman–Crippen MR) is 91.9 cm³/mol. The lowest BCUT2D eigenvalue weighted by Crippen LogP contribution is -2.12. The molecule has 4 heteroatoms. The maximum atomic E-state index is 6.29. The third-order valence-electron chi connectivity index (χ3n) is 3.68. The SMILES string of the molecule is CC(C)c1ccc(-c2nccc(C(N)c3cccs3)n2)cc1. The van der Waals surface area contributed by atoms with Gasteiger partial charge in [0.05, 0.1) is 11.7 Å². The van der Waals surface area contributed by atoms with Crippen molar-refractivity contribution in [3.63, 3.8) is 0 Å². The minimum atomic E-state index is -0.198. The number of aromatic nitrogens is 2. The van der Waals surface area contributed by atoms with E-state index in [2.05, 4.69) is 48.1 Å². The third kappa shape index (κ3) is 3.08. The first-order chi connectivity index (χ1) is 10.6. The van der Waals surface area contributed by atoms with Crippen LogP contribution in [-0.2, 0) is 0 Å². The first kappa shape index (κ1) is 14.9. The average Bonchev–Trinajstić information content (AvgIpc) is 3.09. The molecule has 0 fully saturated rings. The highest BCUT2D eigenvalue weighted by Crippen LogP contribution is 2.24. The van der Waals surface area contributed by atoms with Crippen molar-refractivity contribution < 1.29 is 0 Å². The summed E-state index contributed by atoms with van der Waals surface area (Å²) in [5.41, 5.74) is 9.47. The van der Waals surface area contributed by atoms with Crippen molar-refractivity contribution in [2.24, 2.45) is 5.73 Å². The number of hydrogen-bond donors (Lipinski definition) is 1. The van der Waals surface area contributed by atoms with Crippen LogP contribution in [0.1, 0.15) is 41.9 Å². The fourth-order valence-electron chi connectivity index (χ4n) is 2.32. The van der Waals surface area contributed by atoms with Gasteiger partial charge < -0.3 is 5.73 Å². The Hall–Kier alpha value is -2.04. The molecular formula is C18H19N3S. The molecule has 2 N–H and O–H groups in total. The second-order valence-electron chi connectivity index (χ2n) is 5.57. The highest BCUT2D eigenvalue weighted by Gasteiger charge is 2.13. The molecule has 0 radical (unpaired) electrons. The van der Waals surface area contributed by atoms with Gasteiger partial charge in [-0.15, -0.1) is 11.3 Å². The smallest absolute Gasteiger partial charge is 0.159 e. The zero-order valence-electron chi connectivity index (χ0n) is 12.7. The van der Waals surface area contributed by atoms with Crippen molar-refractivity contribution in [2.75, 3.05) is 0 Å². The lowest BCUT2D eigenvalue weighted by molar-refractivity contribution is 0.839. The summed E-state index contributed by atoms with van der Waals surface area (Å²) in [4.78, 5) is 10.1. The lowest BCUT2D eigenvalue weighted by atomic mass is 10.0. The molecule has 3 rings (SSSR count). The second-order valence-corrected chi connectivity index (χ2v) is 6.55. The summed E-state index contributed by atoms with van der Waals surface area (Å²) in [7, 11) is 0. The molecule has 1 aromatic carbocycles. The average molecular weight is 309 g/mol. The van der Waals surface area contributed by atoms with E-state index in [-0.39, 0.29) is 6.04 Å². The Morgan fingerprint density at radius 1 is 1.05 bits per heavy atom. The molecule has 0 aliphatic heterocycles. The normalized spacial score (nSPS) is 12.5. The van der Waals surface area contributed by atoms with Crippen LogP contribution in [0.5, 0.6) is 0 Å². The Kier molecular flexibility index (Phi) is 4.32. The molecule has 2 heterocycles. The van der Waals surface area contributed by atoms with Gasteiger partial charge in [0.15, 0.2) is 5.82 Å². The summed E-state index contributed by atoms with van der Waals surface area (Å²) in [5.74, 6) is 1.24. The van der Waals surface area contributed by atoms with Gasteiger partial charge in [0, 0.05) is 16.6 Å². The highest BCUT2D eigenvalue weighted by molar-refractivity contribution is 7.10. The maximum Gasteiger partial charge on any atom is 0.159 e. The van der Waals surface area contributed by atoms with Crippen LogP contribution < -0.4 is 5.73 Å². The van der Waals surface area contributed by atoms with E-state index in [1.807, 2.05) is 23.6 Å². The molecule has 22 heavy (non-hydrogen) atoms. The Balaban J connectivity index is 1.90. The fourth-order valence-corrected chi connectivity index (χ4v) is 3.05. The van der Waals surface area contributed by atoms with Crippen molar-refractivity contribution >= 4 is 11.3 Å². The van der Waals surface area contributed by atoms with Crippen molar-refractivity contribution in [3.05, 3.63) is 70.2 Å². The molecule has 0 saturated carbocycles. The summed E-state index contributed by atoms with van der Waals surface area (Å²) in [5, 5.41) is 2.03. The molecular weight excluding hydrogens is 290 g/mol. The van der Waals surface area contributed by atoms with Gasteiger partial charge in [-0.05, 0) is 29.0 Å². The molecule has 0 amide bonds. The van der Waals surface area contributed by atoms with Gasteiger partial charge in [-0.1, -0.05) is 44.2 Å². The summed E-state index contributed by atoms with van der Waals surface area (Å²) in [6.07, 6.45) is 1.78. The largest absolute Gasteiger partial charge is 0.318 e. The molecule has 0 spiro atoms. The molecule has 3 aromatic rings. The van der Waals surface area contributed by atoms with Gasteiger partial charge in [0.25, 0.3) is 0 Å². The molecule has 0 bridgehead atoms. The third-order valence-corrected chi connectivity index (χ3v) is 4.64. The Bertz CT molecular complexity index is 733. The van der Waals surface area contributed by atoms with Crippen LogP contribution in [0.2, 0.25) is 0 Å². The number of nitrogens with two attached hydrogens (primary N) is 1. The molecule has 112 valence electrons. The van der Waals surface area contributed by atoms with Crippen LogP contribution in [-0.4, -0.2) is 9.97 Å². The number of nitrogens with zero attached hydrogens (tertiary/aromatic N) is 2. The quantitative estimate of drug-likeness (QED) is 0.778. The van der Waals surface area contributed by atoms with Gasteiger partial charge in [-0.3, -0.25) is 0 Å². The standard InChI is InChI=1S/C18H19N3S/c1-12(2)13-5-7-14(8-6-13)18-20-10-9-15(21-18)17(19)16-4-3-11-22-16/h3-12,17H,19H2,1-2H3. The summed E-state index contributed by atoms with van der Waals surface area (Å²) in [6, 6.07) is 14.1. The number of rotatable bonds is 4. The molecule has 0 saturated heterocycles. The predicted octanol–water partition coefficient (Wildman–Crippen LogP) is 4.38. The Morgan fingerprint density at radius 3 is 2.45 bits per heavy atom. The van der Waals surface area contributed by atoms with Gasteiger partial charge in [0.1, 0.15) is 0 Å². The van der Waals surface area contributed by atoms with Crippen molar-refractivity contribution in [2.45, 2.75) is 25.8 Å². The van der Waals surface area contributed by atoms with E-state index < -0.39 is 0 Å². The Labute approximate surface area is 134 Å². The van der Waals surface area contributed by atoms with E-state index in [0.717, 1.165) is 22.0 Å². The highest BCUT2D eigenvalue weighted by atomic mass is 32.1. The van der Waals surface area contributed by atoms with Gasteiger partial charge >= 0.3 is 0 Å². The van der Waals surface area contributed by atoms with Gasteiger partial charge in [-0.25, -0.2) is 9.97 Å². The van der Waals surface area contributed by atoms with Crippen LogP contribution in [0, 0.1) is 0 Å². The molecule has 0 aliphatic rings. The van der Waals surface area contributed by atoms with Crippen LogP contribution in [0.3, 0.4) is 0 Å². The van der Waals surface area contributed by atoms with E-state index in [1.54, 1.807) is 17.5 Å². The first-order valence-corrected chi connectivity index (χ1v) is 8.25. The number of thiophene rings is 1. The van der Waals surface area contributed by atoms with E-state index in [4.69, 9.17) is 5.73 Å². The number of hydrogen-bond acceptors (Lipinski definition) is 4. The minimum Gasteiger partial charge on any atom is -0.318 e. The maximum absolute atomic E-state index is 6.29. The zero-order valence-corrected chi connectivity index (χ0v) is 13.5. The Morgan fingerprint density at radius 2 is 1.82 bits per heavy atom. The molecule has 1 atom stereocenters. The van der Waals surface area contributed by atoms with Crippen molar-refractivity contribution in [3.8, 4) is 11.4 Å². The van der Waals surface area contributed by atoms with Gasteiger partial charge in [0.2, 0.25) is 0 Å². The summed E-state index contributed by atoms with van der Waals surface area (Å²) < 4.78 is 0. The zero-order chi connectivity index (χ0) is 15.5. The van der Waals surface area contributed by atoms with E-state index in [1.165, 1.54) is 5.56 Å². The fraction of sp³-hybridized carbons (Fsp3) is 0.222. The van der Waals surface area contributed by atoms with Gasteiger partial charge in [-0.2, -0.15) is 0 Å². The van der Waals surface area contributed by atoms with Crippen molar-refractivity contribution in [1.29, 1.82) is 0 Å². The topological polar surface area (TPSA) is 51.8 Å². The van der Waals surface area contributed by atoms with Crippen LogP contribution >= 0.6 is 11.3 Å². The molecule has 1 unspecified atom stereocenters. The number of benzene rings is 1. The molecule has 0 aliphatic carbocycles. The molecule has 2 aromatic heterocycles. The van der Waals surface area contributed by atoms with Crippen molar-refractivity contribution in [1.82, 2.24) is 9.97 Å². The summed E-state index contributed by atoms with van der Waals surface area (Å²) in [6.45, 7) is 4.37. The van der Waals surface area contributed by atoms with Crippen LogP contribution in [0.25, 0.3) is 11.4 Å². The summed E-state index contributed by atoms with van der Waals surface area (Å²) >= 11 is 1.65. The van der Waals surface area contributed by atoms with E-state index in [0.29, 0.717) is 5.92 Å². The monoisotopic (exact) mass is 309 g/mol. The second kappa shape index (κ2) is 6.38. The van der Waals surface area contributed by atoms with Crippen LogP contribution in [0.4, 0.5) is 0 Å². The van der Waals surface area contributed by atoms with E-state index >= 15 is 0 Å². The first-order valence-electron chi connectivity index (χ1n) is 7.37. The molecule has 3 nitrogen and oxygen atoms in total. The van der Waals surface area contributed by atoms with E-state index in [9.17, 15) is 0 Å².